The Morgan fingerprint density at radius 3 is 2.22 bits per heavy atom. The van der Waals surface area contributed by atoms with Crippen molar-refractivity contribution >= 4 is 23.8 Å². The van der Waals surface area contributed by atoms with Crippen molar-refractivity contribution in [3.05, 3.63) is 29.3 Å². The largest absolute Gasteiger partial charge is 0.507 e. The zero-order valence-electron chi connectivity index (χ0n) is 22.7. The number of hydrogen-bond donors (Lipinski definition) is 4. The number of ether oxygens (including phenoxy) is 1. The third-order valence-corrected chi connectivity index (χ3v) is 5.51. The molecule has 10 nitrogen and oxygen atoms in total. The molecule has 1 aromatic carbocycles. The number of carbonyl (C=O) groups excluding carboxylic acids is 4. The molecule has 0 aliphatic rings. The van der Waals surface area contributed by atoms with Crippen LogP contribution < -0.4 is 16.4 Å². The van der Waals surface area contributed by atoms with Crippen LogP contribution >= 0.6 is 0 Å². The quantitative estimate of drug-likeness (QED) is 0.362. The number of hydrogen-bond acceptors (Lipinski definition) is 6. The maximum Gasteiger partial charge on any atom is 0.408 e. The molecule has 0 spiro atoms. The van der Waals surface area contributed by atoms with Gasteiger partial charge in [-0.2, -0.15) is 0 Å². The summed E-state index contributed by atoms with van der Waals surface area (Å²) in [4.78, 5) is 52.9. The van der Waals surface area contributed by atoms with Crippen LogP contribution in [0.5, 0.6) is 5.75 Å². The molecule has 1 aromatic rings. The lowest BCUT2D eigenvalue weighted by Crippen LogP contribution is -2.56. The highest BCUT2D eigenvalue weighted by atomic mass is 16.6. The highest BCUT2D eigenvalue weighted by Crippen LogP contribution is 2.34. The van der Waals surface area contributed by atoms with Gasteiger partial charge >= 0.3 is 6.09 Å². The van der Waals surface area contributed by atoms with Crippen LogP contribution in [-0.4, -0.2) is 57.5 Å². The Kier molecular flexibility index (Phi) is 11.2. The second-order valence-corrected chi connectivity index (χ2v) is 10.3. The van der Waals surface area contributed by atoms with Crippen molar-refractivity contribution in [3.63, 3.8) is 0 Å². The Bertz CT molecular complexity index is 941. The molecule has 3 atom stereocenters. The molecule has 36 heavy (non-hydrogen) atoms. The van der Waals surface area contributed by atoms with Crippen LogP contribution in [0.2, 0.25) is 0 Å². The molecular formula is C26H42N4O6. The van der Waals surface area contributed by atoms with E-state index in [1.54, 1.807) is 66.7 Å². The summed E-state index contributed by atoms with van der Waals surface area (Å²) in [6.07, 6.45) is -0.604. The molecule has 0 aliphatic carbocycles. The summed E-state index contributed by atoms with van der Waals surface area (Å²) in [5.41, 5.74) is 5.31. The Morgan fingerprint density at radius 1 is 1.11 bits per heavy atom. The molecule has 1 rings (SSSR count). The number of aryl methyl sites for hydroxylation is 1. The second-order valence-electron chi connectivity index (χ2n) is 10.3. The van der Waals surface area contributed by atoms with Gasteiger partial charge in [0.25, 0.3) is 0 Å². The molecule has 0 fully saturated rings. The number of phenols is 1. The number of amides is 4. The fourth-order valence-electron chi connectivity index (χ4n) is 3.65. The molecule has 0 saturated carbocycles. The van der Waals surface area contributed by atoms with Crippen LogP contribution in [-0.2, 0) is 19.1 Å². The SMILES string of the molecule is CCC(C)N(C(=O)C(CCC(N)=O)NC(=O)OC(C)(C)C)C(C(=O)NC(C)C)c1cccc(C)c1O. The summed E-state index contributed by atoms with van der Waals surface area (Å²) in [6.45, 7) is 14.0. The Balaban J connectivity index is 3.62. The average molecular weight is 507 g/mol. The van der Waals surface area contributed by atoms with Crippen LogP contribution in [0.3, 0.4) is 0 Å². The molecule has 202 valence electrons. The van der Waals surface area contributed by atoms with Gasteiger partial charge in [-0.3, -0.25) is 14.4 Å². The highest BCUT2D eigenvalue weighted by Gasteiger charge is 2.39. The number of benzene rings is 1. The first-order chi connectivity index (χ1) is 16.6. The lowest BCUT2D eigenvalue weighted by molar-refractivity contribution is -0.145. The number of aromatic hydroxyl groups is 1. The predicted octanol–water partition coefficient (Wildman–Crippen LogP) is 3.05. The first kappa shape index (κ1) is 30.7. The average Bonchev–Trinajstić information content (AvgIpc) is 2.74. The molecule has 0 aromatic heterocycles. The smallest absolute Gasteiger partial charge is 0.408 e. The van der Waals surface area contributed by atoms with Gasteiger partial charge in [0, 0.05) is 24.1 Å². The summed E-state index contributed by atoms with van der Waals surface area (Å²) < 4.78 is 5.32. The summed E-state index contributed by atoms with van der Waals surface area (Å²) in [5, 5.41) is 16.2. The number of primary amides is 1. The van der Waals surface area contributed by atoms with Crippen LogP contribution in [0.15, 0.2) is 18.2 Å². The molecule has 0 bridgehead atoms. The maximum absolute atomic E-state index is 14.0. The second kappa shape index (κ2) is 13.1. The van der Waals surface area contributed by atoms with E-state index >= 15 is 0 Å². The monoisotopic (exact) mass is 506 g/mol. The van der Waals surface area contributed by atoms with E-state index in [4.69, 9.17) is 10.5 Å². The van der Waals surface area contributed by atoms with E-state index in [2.05, 4.69) is 10.6 Å². The number of nitrogens with zero attached hydrogens (tertiary/aromatic N) is 1. The standard InChI is InChI=1S/C26H42N4O6/c1-9-17(5)30(21(23(33)28-15(2)3)18-12-10-11-16(4)22(18)32)24(34)19(13-14-20(27)31)29-25(35)36-26(6,7)8/h10-12,15,17,19,21,32H,9,13-14H2,1-8H3,(H2,27,31)(H,28,33)(H,29,35). The van der Waals surface area contributed by atoms with Crippen molar-refractivity contribution in [2.24, 2.45) is 5.73 Å². The number of phenolic OH excluding ortho intramolecular Hbond substituents is 1. The molecule has 10 heteroatoms. The van der Waals surface area contributed by atoms with Gasteiger partial charge in [0.1, 0.15) is 23.4 Å². The van der Waals surface area contributed by atoms with Gasteiger partial charge in [0.15, 0.2) is 0 Å². The van der Waals surface area contributed by atoms with Crippen molar-refractivity contribution in [2.45, 2.75) is 104 Å². The number of alkyl carbamates (subject to hydrolysis) is 1. The molecule has 0 aliphatic heterocycles. The molecule has 5 N–H and O–H groups in total. The Hall–Kier alpha value is -3.30. The molecule has 0 saturated heterocycles. The zero-order chi connectivity index (χ0) is 27.8. The summed E-state index contributed by atoms with van der Waals surface area (Å²) in [6, 6.07) is 1.92. The lowest BCUT2D eigenvalue weighted by Gasteiger charge is -2.38. The van der Waals surface area contributed by atoms with Crippen molar-refractivity contribution in [1.29, 1.82) is 0 Å². The fourth-order valence-corrected chi connectivity index (χ4v) is 3.65. The number of para-hydroxylation sites is 1. The van der Waals surface area contributed by atoms with Gasteiger partial charge in [-0.15, -0.1) is 0 Å². The first-order valence-electron chi connectivity index (χ1n) is 12.3. The van der Waals surface area contributed by atoms with Gasteiger partial charge < -0.3 is 31.1 Å². The topological polar surface area (TPSA) is 151 Å². The van der Waals surface area contributed by atoms with E-state index in [0.29, 0.717) is 12.0 Å². The van der Waals surface area contributed by atoms with Crippen molar-refractivity contribution in [2.75, 3.05) is 0 Å². The van der Waals surface area contributed by atoms with E-state index in [-0.39, 0.29) is 30.2 Å². The normalized spacial score (nSPS) is 13.9. The third-order valence-electron chi connectivity index (χ3n) is 5.51. The van der Waals surface area contributed by atoms with E-state index in [0.717, 1.165) is 0 Å². The van der Waals surface area contributed by atoms with E-state index in [9.17, 15) is 24.3 Å². The van der Waals surface area contributed by atoms with Crippen molar-refractivity contribution in [1.82, 2.24) is 15.5 Å². The minimum absolute atomic E-state index is 0.0847. The molecular weight excluding hydrogens is 464 g/mol. The minimum atomic E-state index is -1.19. The van der Waals surface area contributed by atoms with Gasteiger partial charge in [0.2, 0.25) is 17.7 Å². The number of carbonyl (C=O) groups is 4. The number of rotatable bonds is 11. The van der Waals surface area contributed by atoms with E-state index < -0.39 is 47.5 Å². The van der Waals surface area contributed by atoms with Crippen LogP contribution in [0.25, 0.3) is 0 Å². The molecule has 0 radical (unpaired) electrons. The zero-order valence-corrected chi connectivity index (χ0v) is 22.7. The summed E-state index contributed by atoms with van der Waals surface area (Å²) in [5.74, 6) is -1.82. The van der Waals surface area contributed by atoms with Gasteiger partial charge in [-0.1, -0.05) is 25.1 Å². The highest BCUT2D eigenvalue weighted by molar-refractivity contribution is 5.93. The first-order valence-corrected chi connectivity index (χ1v) is 12.3. The Morgan fingerprint density at radius 2 is 1.72 bits per heavy atom. The lowest BCUT2D eigenvalue weighted by atomic mass is 9.96. The molecule has 4 amide bonds. The summed E-state index contributed by atoms with van der Waals surface area (Å²) >= 11 is 0. The predicted molar refractivity (Wildman–Crippen MR) is 137 cm³/mol. The van der Waals surface area contributed by atoms with Crippen molar-refractivity contribution in [3.8, 4) is 5.75 Å². The maximum atomic E-state index is 14.0. The number of nitrogens with two attached hydrogens (primary N) is 1. The molecule has 3 unspecified atom stereocenters. The van der Waals surface area contributed by atoms with Crippen LogP contribution in [0.1, 0.15) is 84.9 Å². The van der Waals surface area contributed by atoms with E-state index in [1.165, 1.54) is 4.90 Å². The van der Waals surface area contributed by atoms with Gasteiger partial charge in [0.05, 0.1) is 0 Å². The fraction of sp³-hybridized carbons (Fsp3) is 0.615. The summed E-state index contributed by atoms with van der Waals surface area (Å²) in [7, 11) is 0. The molecule has 0 heterocycles. The number of nitrogens with one attached hydrogen (secondary N) is 2. The van der Waals surface area contributed by atoms with Gasteiger partial charge in [-0.25, -0.2) is 4.79 Å². The van der Waals surface area contributed by atoms with Crippen LogP contribution in [0.4, 0.5) is 4.79 Å². The third kappa shape index (κ3) is 9.05. The van der Waals surface area contributed by atoms with Gasteiger partial charge in [-0.05, 0) is 66.9 Å². The van der Waals surface area contributed by atoms with Crippen molar-refractivity contribution < 1.29 is 29.0 Å². The van der Waals surface area contributed by atoms with Crippen LogP contribution in [0, 0.1) is 6.92 Å². The Labute approximate surface area is 213 Å². The minimum Gasteiger partial charge on any atom is -0.507 e. The van der Waals surface area contributed by atoms with E-state index in [1.807, 2.05) is 6.92 Å².